The number of ether oxygens (including phenoxy) is 1. The lowest BCUT2D eigenvalue weighted by atomic mass is 10.2. The average Bonchev–Trinajstić information content (AvgIpc) is 3.43. The number of benzene rings is 1. The standard InChI is InChI=1S/C21H21N3O3S/c25-21-20-19(16-7-1-2-8-17(16)27-20)22-18(23-21)13-24(11-14-5-3-9-26-14)12-15-6-4-10-28-15/h1-2,4,6-8,10,14H,3,5,9,11-13H2,(H,22,23,25)/p+1/t14-/m0/s1. The first-order valence-electron chi connectivity index (χ1n) is 9.64. The number of quaternary nitrogens is 1. The second-order valence-corrected chi connectivity index (χ2v) is 8.34. The molecule has 0 radical (unpaired) electrons. The van der Waals surface area contributed by atoms with E-state index >= 15 is 0 Å². The minimum absolute atomic E-state index is 0.219. The molecule has 0 amide bonds. The van der Waals surface area contributed by atoms with E-state index in [2.05, 4.69) is 22.5 Å². The van der Waals surface area contributed by atoms with Crippen LogP contribution in [0.3, 0.4) is 0 Å². The van der Waals surface area contributed by atoms with Gasteiger partial charge in [-0.2, -0.15) is 0 Å². The summed E-state index contributed by atoms with van der Waals surface area (Å²) in [7, 11) is 0. The van der Waals surface area contributed by atoms with Gasteiger partial charge in [-0.1, -0.05) is 18.2 Å². The molecule has 3 aromatic heterocycles. The lowest BCUT2D eigenvalue weighted by molar-refractivity contribution is -0.930. The Hall–Kier alpha value is -2.48. The van der Waals surface area contributed by atoms with Crippen LogP contribution in [0.5, 0.6) is 0 Å². The maximum atomic E-state index is 12.6. The minimum atomic E-state index is -0.219. The molecular formula is C21H22N3O3S+. The number of fused-ring (bicyclic) bond motifs is 3. The molecule has 1 unspecified atom stereocenters. The number of nitrogens with one attached hydrogen (secondary N) is 2. The van der Waals surface area contributed by atoms with E-state index in [-0.39, 0.29) is 11.7 Å². The van der Waals surface area contributed by atoms with Gasteiger partial charge in [0.2, 0.25) is 5.58 Å². The number of hydrogen-bond donors (Lipinski definition) is 2. The number of H-pyrrole nitrogens is 1. The summed E-state index contributed by atoms with van der Waals surface area (Å²) in [4.78, 5) is 22.9. The number of aromatic amines is 1. The molecule has 2 atom stereocenters. The molecule has 7 heteroatoms. The summed E-state index contributed by atoms with van der Waals surface area (Å²) in [6, 6.07) is 11.9. The summed E-state index contributed by atoms with van der Waals surface area (Å²) in [6.45, 7) is 3.29. The number of furan rings is 1. The van der Waals surface area contributed by atoms with Crippen molar-refractivity contribution in [2.24, 2.45) is 0 Å². The number of thiophene rings is 1. The number of nitrogens with zero attached hydrogens (tertiary/aromatic N) is 1. The molecule has 4 aromatic rings. The topological polar surface area (TPSA) is 72.6 Å². The largest absolute Gasteiger partial charge is 0.449 e. The summed E-state index contributed by atoms with van der Waals surface area (Å²) in [5.74, 6) is 0.689. The van der Waals surface area contributed by atoms with Gasteiger partial charge in [-0.3, -0.25) is 4.79 Å². The van der Waals surface area contributed by atoms with Crippen LogP contribution >= 0.6 is 11.3 Å². The minimum Gasteiger partial charge on any atom is -0.449 e. The fourth-order valence-corrected chi connectivity index (χ4v) is 4.74. The highest BCUT2D eigenvalue weighted by Crippen LogP contribution is 2.24. The Labute approximate surface area is 165 Å². The maximum Gasteiger partial charge on any atom is 0.294 e. The zero-order chi connectivity index (χ0) is 18.9. The molecule has 0 aliphatic carbocycles. The second-order valence-electron chi connectivity index (χ2n) is 7.31. The number of para-hydroxylation sites is 1. The third-order valence-electron chi connectivity index (χ3n) is 5.24. The van der Waals surface area contributed by atoms with E-state index in [1.165, 1.54) is 9.78 Å². The maximum absolute atomic E-state index is 12.6. The van der Waals surface area contributed by atoms with Gasteiger partial charge in [0.15, 0.2) is 5.82 Å². The third-order valence-corrected chi connectivity index (χ3v) is 6.12. The molecule has 1 aromatic carbocycles. The highest BCUT2D eigenvalue weighted by atomic mass is 32.1. The van der Waals surface area contributed by atoms with Gasteiger partial charge < -0.3 is 19.0 Å². The fourth-order valence-electron chi connectivity index (χ4n) is 3.96. The van der Waals surface area contributed by atoms with Crippen molar-refractivity contribution in [1.82, 2.24) is 9.97 Å². The van der Waals surface area contributed by atoms with E-state index < -0.39 is 0 Å². The van der Waals surface area contributed by atoms with Crippen molar-refractivity contribution in [3.8, 4) is 0 Å². The molecular weight excluding hydrogens is 374 g/mol. The average molecular weight is 396 g/mol. The second kappa shape index (κ2) is 7.50. The lowest BCUT2D eigenvalue weighted by Crippen LogP contribution is -3.10. The first kappa shape index (κ1) is 17.6. The normalized spacial score (nSPS) is 18.2. The molecule has 0 bridgehead atoms. The van der Waals surface area contributed by atoms with Crippen molar-refractivity contribution < 1.29 is 14.1 Å². The molecule has 5 rings (SSSR count). The molecule has 1 saturated heterocycles. The summed E-state index contributed by atoms with van der Waals surface area (Å²) < 4.78 is 11.6. The first-order chi connectivity index (χ1) is 13.8. The van der Waals surface area contributed by atoms with E-state index in [9.17, 15) is 4.79 Å². The van der Waals surface area contributed by atoms with E-state index in [1.54, 1.807) is 11.3 Å². The van der Waals surface area contributed by atoms with Gasteiger partial charge in [0.25, 0.3) is 5.56 Å². The monoisotopic (exact) mass is 396 g/mol. The zero-order valence-corrected chi connectivity index (χ0v) is 16.3. The van der Waals surface area contributed by atoms with Gasteiger partial charge in [0.1, 0.15) is 36.8 Å². The van der Waals surface area contributed by atoms with E-state index in [4.69, 9.17) is 14.1 Å². The van der Waals surface area contributed by atoms with Crippen LogP contribution in [0.4, 0.5) is 0 Å². The summed E-state index contributed by atoms with van der Waals surface area (Å²) >= 11 is 1.76. The van der Waals surface area contributed by atoms with Crippen molar-refractivity contribution in [1.29, 1.82) is 0 Å². The molecule has 1 aliphatic heterocycles. The summed E-state index contributed by atoms with van der Waals surface area (Å²) in [6.07, 6.45) is 2.50. The molecule has 1 fully saturated rings. The Bertz CT molecular complexity index is 1140. The Kier molecular flexibility index (Phi) is 4.72. The zero-order valence-electron chi connectivity index (χ0n) is 15.4. The molecule has 4 heterocycles. The van der Waals surface area contributed by atoms with E-state index in [0.29, 0.717) is 29.1 Å². The van der Waals surface area contributed by atoms with Crippen LogP contribution in [0.15, 0.2) is 51.0 Å². The van der Waals surface area contributed by atoms with Gasteiger partial charge in [-0.05, 0) is 36.4 Å². The first-order valence-corrected chi connectivity index (χ1v) is 10.5. The highest BCUT2D eigenvalue weighted by molar-refractivity contribution is 7.09. The molecule has 28 heavy (non-hydrogen) atoms. The SMILES string of the molecule is O=c1[nH]c(C[NH+](Cc2cccs2)C[C@@H]2CCCO2)nc2c1oc1ccccc12. The van der Waals surface area contributed by atoms with Crippen molar-refractivity contribution >= 4 is 33.4 Å². The van der Waals surface area contributed by atoms with Crippen LogP contribution in [0.2, 0.25) is 0 Å². The molecule has 1 aliphatic rings. The smallest absolute Gasteiger partial charge is 0.294 e. The molecule has 2 N–H and O–H groups in total. The molecule has 0 saturated carbocycles. The van der Waals surface area contributed by atoms with Gasteiger partial charge in [0, 0.05) is 12.0 Å². The molecule has 6 nitrogen and oxygen atoms in total. The van der Waals surface area contributed by atoms with E-state index in [0.717, 1.165) is 37.9 Å². The summed E-state index contributed by atoms with van der Waals surface area (Å²) in [5.41, 5.74) is 1.41. The Morgan fingerprint density at radius 1 is 1.21 bits per heavy atom. The van der Waals surface area contributed by atoms with Crippen LogP contribution in [-0.2, 0) is 17.8 Å². The Morgan fingerprint density at radius 3 is 2.96 bits per heavy atom. The number of hydrogen-bond acceptors (Lipinski definition) is 5. The van der Waals surface area contributed by atoms with Crippen LogP contribution in [0.1, 0.15) is 23.5 Å². The Morgan fingerprint density at radius 2 is 2.14 bits per heavy atom. The third kappa shape index (κ3) is 3.48. The van der Waals surface area contributed by atoms with Gasteiger partial charge in [-0.25, -0.2) is 4.98 Å². The van der Waals surface area contributed by atoms with Crippen LogP contribution in [-0.4, -0.2) is 29.2 Å². The number of aromatic nitrogens is 2. The highest BCUT2D eigenvalue weighted by Gasteiger charge is 2.24. The Balaban J connectivity index is 1.47. The van der Waals surface area contributed by atoms with Crippen molar-refractivity contribution in [3.63, 3.8) is 0 Å². The molecule has 0 spiro atoms. The van der Waals surface area contributed by atoms with Crippen LogP contribution in [0, 0.1) is 0 Å². The van der Waals surface area contributed by atoms with Crippen LogP contribution in [0.25, 0.3) is 22.1 Å². The number of rotatable bonds is 6. The molecule has 144 valence electrons. The quantitative estimate of drug-likeness (QED) is 0.525. The van der Waals surface area contributed by atoms with Crippen molar-refractivity contribution in [3.05, 3.63) is 62.8 Å². The van der Waals surface area contributed by atoms with Crippen molar-refractivity contribution in [2.75, 3.05) is 13.2 Å². The van der Waals surface area contributed by atoms with E-state index in [1.807, 2.05) is 24.3 Å². The van der Waals surface area contributed by atoms with Gasteiger partial charge in [0.05, 0.1) is 4.88 Å². The lowest BCUT2D eigenvalue weighted by Gasteiger charge is -2.21. The summed E-state index contributed by atoms with van der Waals surface area (Å²) in [5, 5.41) is 2.98. The van der Waals surface area contributed by atoms with Crippen molar-refractivity contribution in [2.45, 2.75) is 32.0 Å². The predicted octanol–water partition coefficient (Wildman–Crippen LogP) is 2.49. The van der Waals surface area contributed by atoms with Crippen LogP contribution < -0.4 is 10.5 Å². The van der Waals surface area contributed by atoms with Gasteiger partial charge >= 0.3 is 0 Å². The fraction of sp³-hybridized carbons (Fsp3) is 0.333. The van der Waals surface area contributed by atoms with Gasteiger partial charge in [-0.15, -0.1) is 11.3 Å². The predicted molar refractivity (Wildman–Crippen MR) is 109 cm³/mol.